The van der Waals surface area contributed by atoms with Crippen LogP contribution in [-0.4, -0.2) is 39.6 Å². The van der Waals surface area contributed by atoms with Gasteiger partial charge in [0.2, 0.25) is 0 Å². The second kappa shape index (κ2) is 7.49. The van der Waals surface area contributed by atoms with Gasteiger partial charge in [-0.25, -0.2) is 0 Å². The van der Waals surface area contributed by atoms with E-state index in [1.165, 1.54) is 0 Å². The highest BCUT2D eigenvalue weighted by Crippen LogP contribution is 2.68. The zero-order chi connectivity index (χ0) is 21.1. The van der Waals surface area contributed by atoms with Crippen LogP contribution >= 0.6 is 0 Å². The number of hydrogen-bond donors (Lipinski definition) is 3. The molecule has 0 aromatic heterocycles. The molecule has 0 amide bonds. The van der Waals surface area contributed by atoms with Crippen LogP contribution < -0.4 is 5.11 Å². The van der Waals surface area contributed by atoms with Gasteiger partial charge in [0.25, 0.3) is 0 Å². The average Bonchev–Trinajstić information content (AvgIpc) is 2.99. The minimum Gasteiger partial charge on any atom is -0.550 e. The number of carbonyl (C=O) groups excluding carboxylic acids is 1. The molecule has 0 radical (unpaired) electrons. The van der Waals surface area contributed by atoms with Gasteiger partial charge in [0.15, 0.2) is 0 Å². The Labute approximate surface area is 174 Å². The summed E-state index contributed by atoms with van der Waals surface area (Å²) in [6, 6.07) is 0. The molecule has 4 aliphatic rings. The molecule has 4 fully saturated rings. The van der Waals surface area contributed by atoms with E-state index >= 15 is 0 Å². The molecule has 5 nitrogen and oxygen atoms in total. The van der Waals surface area contributed by atoms with Gasteiger partial charge >= 0.3 is 0 Å². The molecule has 0 bridgehead atoms. The lowest BCUT2D eigenvalue weighted by Gasteiger charge is -2.63. The zero-order valence-corrected chi connectivity index (χ0v) is 18.2. The van der Waals surface area contributed by atoms with Crippen LogP contribution in [-0.2, 0) is 4.79 Å². The maximum absolute atomic E-state index is 11.2. The third-order valence-electron chi connectivity index (χ3n) is 10.3. The lowest BCUT2D eigenvalue weighted by molar-refractivity contribution is -0.306. The van der Waals surface area contributed by atoms with E-state index in [-0.39, 0.29) is 35.2 Å². The largest absolute Gasteiger partial charge is 0.550 e. The number of aliphatic carboxylic acids is 1. The fourth-order valence-corrected chi connectivity index (χ4v) is 8.76. The molecule has 0 aromatic rings. The number of carboxylic acids is 1. The predicted octanol–water partition coefficient (Wildman–Crippen LogP) is 2.11. The summed E-state index contributed by atoms with van der Waals surface area (Å²) >= 11 is 0. The molecular formula is C24H39O5-. The van der Waals surface area contributed by atoms with Crippen LogP contribution in [0.1, 0.15) is 78.6 Å². The topological polar surface area (TPSA) is 101 Å². The van der Waals surface area contributed by atoms with Crippen LogP contribution in [0.3, 0.4) is 0 Å². The van der Waals surface area contributed by atoms with Crippen molar-refractivity contribution in [2.75, 3.05) is 0 Å². The Hall–Kier alpha value is -0.650. The van der Waals surface area contributed by atoms with E-state index in [4.69, 9.17) is 0 Å². The predicted molar refractivity (Wildman–Crippen MR) is 107 cm³/mol. The molecule has 4 rings (SSSR count). The molecule has 3 N–H and O–H groups in total. The number of carboxylic acid groups (broad SMARTS) is 1. The normalized spacial score (nSPS) is 52.9. The van der Waals surface area contributed by atoms with Crippen LogP contribution in [0.5, 0.6) is 0 Å². The molecule has 0 unspecified atom stereocenters. The monoisotopic (exact) mass is 407 g/mol. The summed E-state index contributed by atoms with van der Waals surface area (Å²) in [5.74, 6) is 1.30. The average molecular weight is 408 g/mol. The van der Waals surface area contributed by atoms with Gasteiger partial charge in [-0.05, 0) is 104 Å². The maximum Gasteiger partial charge on any atom is 0.0804 e. The van der Waals surface area contributed by atoms with Crippen molar-refractivity contribution in [3.8, 4) is 0 Å². The van der Waals surface area contributed by atoms with Crippen molar-refractivity contribution in [2.45, 2.75) is 96.9 Å². The number of hydrogen-bond acceptors (Lipinski definition) is 5. The van der Waals surface area contributed by atoms with Gasteiger partial charge in [-0.3, -0.25) is 0 Å². The van der Waals surface area contributed by atoms with Gasteiger partial charge in [-0.1, -0.05) is 20.8 Å². The van der Waals surface area contributed by atoms with Crippen molar-refractivity contribution in [2.24, 2.45) is 46.3 Å². The third kappa shape index (κ3) is 3.36. The summed E-state index contributed by atoms with van der Waals surface area (Å²) < 4.78 is 0. The molecule has 29 heavy (non-hydrogen) atoms. The van der Waals surface area contributed by atoms with E-state index in [1.54, 1.807) is 0 Å². The van der Waals surface area contributed by atoms with Crippen molar-refractivity contribution in [3.63, 3.8) is 0 Å². The first-order valence-corrected chi connectivity index (χ1v) is 11.8. The Bertz CT molecular complexity index is 637. The first-order chi connectivity index (χ1) is 13.6. The summed E-state index contributed by atoms with van der Waals surface area (Å²) in [7, 11) is 0. The lowest BCUT2D eigenvalue weighted by Crippen LogP contribution is -2.60. The number of carbonyl (C=O) groups is 1. The molecule has 0 saturated heterocycles. The lowest BCUT2D eigenvalue weighted by atomic mass is 9.43. The van der Waals surface area contributed by atoms with Gasteiger partial charge in [0.1, 0.15) is 0 Å². The molecular weight excluding hydrogens is 368 g/mol. The zero-order valence-electron chi connectivity index (χ0n) is 18.2. The van der Waals surface area contributed by atoms with Gasteiger partial charge in [-0.15, -0.1) is 0 Å². The van der Waals surface area contributed by atoms with Gasteiger partial charge in [-0.2, -0.15) is 0 Å². The molecule has 4 saturated carbocycles. The molecule has 5 heteroatoms. The first-order valence-electron chi connectivity index (χ1n) is 11.8. The van der Waals surface area contributed by atoms with Crippen molar-refractivity contribution in [1.29, 1.82) is 0 Å². The minimum absolute atomic E-state index is 0.0114. The van der Waals surface area contributed by atoms with Gasteiger partial charge < -0.3 is 25.2 Å². The van der Waals surface area contributed by atoms with Crippen molar-refractivity contribution >= 4 is 5.97 Å². The van der Waals surface area contributed by atoms with Gasteiger partial charge in [0, 0.05) is 5.97 Å². The summed E-state index contributed by atoms with van der Waals surface area (Å²) in [5, 5.41) is 42.8. The van der Waals surface area contributed by atoms with E-state index in [9.17, 15) is 25.2 Å². The second-order valence-electron chi connectivity index (χ2n) is 11.5. The van der Waals surface area contributed by atoms with E-state index in [0.29, 0.717) is 42.9 Å². The minimum atomic E-state index is -0.958. The summed E-state index contributed by atoms with van der Waals surface area (Å²) in [6.07, 6.45) is 5.55. The highest BCUT2D eigenvalue weighted by atomic mass is 16.4. The number of aliphatic hydroxyl groups is 3. The number of aliphatic hydroxyl groups excluding tert-OH is 3. The molecule has 0 aliphatic heterocycles. The van der Waals surface area contributed by atoms with Crippen LogP contribution in [0.15, 0.2) is 0 Å². The van der Waals surface area contributed by atoms with Crippen LogP contribution in [0.25, 0.3) is 0 Å². The summed E-state index contributed by atoms with van der Waals surface area (Å²) in [5.41, 5.74) is 0.145. The Morgan fingerprint density at radius 3 is 2.34 bits per heavy atom. The Kier molecular flexibility index (Phi) is 5.57. The summed E-state index contributed by atoms with van der Waals surface area (Å²) in [4.78, 5) is 10.9. The van der Waals surface area contributed by atoms with Crippen LogP contribution in [0.4, 0.5) is 0 Å². The molecule has 4 aliphatic carbocycles. The van der Waals surface area contributed by atoms with Crippen molar-refractivity contribution in [3.05, 3.63) is 0 Å². The smallest absolute Gasteiger partial charge is 0.0804 e. The summed E-state index contributed by atoms with van der Waals surface area (Å²) in [6.45, 7) is 6.89. The second-order valence-corrected chi connectivity index (χ2v) is 11.5. The molecule has 0 heterocycles. The Balaban J connectivity index is 1.57. The fourth-order valence-electron chi connectivity index (χ4n) is 8.76. The van der Waals surface area contributed by atoms with E-state index in [2.05, 4.69) is 20.8 Å². The molecule has 166 valence electrons. The Morgan fingerprint density at radius 1 is 1.00 bits per heavy atom. The molecule has 0 aromatic carbocycles. The number of rotatable bonds is 4. The van der Waals surface area contributed by atoms with Gasteiger partial charge in [0.05, 0.1) is 18.3 Å². The quantitative estimate of drug-likeness (QED) is 0.663. The van der Waals surface area contributed by atoms with Crippen LogP contribution in [0, 0.1) is 46.3 Å². The first kappa shape index (κ1) is 21.6. The molecule has 0 spiro atoms. The Morgan fingerprint density at radius 2 is 1.66 bits per heavy atom. The van der Waals surface area contributed by atoms with E-state index in [0.717, 1.165) is 32.1 Å². The third-order valence-corrected chi connectivity index (χ3v) is 10.3. The fraction of sp³-hybridized carbons (Fsp3) is 0.958. The van der Waals surface area contributed by atoms with Crippen LogP contribution in [0.2, 0.25) is 0 Å². The van der Waals surface area contributed by atoms with Crippen molar-refractivity contribution < 1.29 is 25.2 Å². The van der Waals surface area contributed by atoms with E-state index in [1.807, 2.05) is 0 Å². The molecule has 11 atom stereocenters. The highest BCUT2D eigenvalue weighted by molar-refractivity contribution is 5.64. The highest BCUT2D eigenvalue weighted by Gasteiger charge is 2.63. The van der Waals surface area contributed by atoms with E-state index < -0.39 is 18.2 Å². The maximum atomic E-state index is 11.2. The SMILES string of the molecule is C[C@H](CCC(=O)[O-])[C@H]1CC[C@H]2[C@@H]3[C@H](O)C[C@@H]4C[C@H](O)[C@@H](O)C[C@]4(C)[C@H]3CC[C@]12C. The van der Waals surface area contributed by atoms with Crippen molar-refractivity contribution in [1.82, 2.24) is 0 Å². The standard InChI is InChI=1S/C24H40O5/c1-13(4-7-21(28)29)15-5-6-16-22-17(8-9-23(15,16)2)24(3)12-20(27)18(25)10-14(24)11-19(22)26/h13-20,22,25-27H,4-12H2,1-3H3,(H,28,29)/p-1/t13-,14+,15-,16+,17+,18+,19-,20+,22+,23-,24+/m1/s1. The number of fused-ring (bicyclic) bond motifs is 5.